The van der Waals surface area contributed by atoms with Crippen molar-refractivity contribution in [2.24, 2.45) is 0 Å². The predicted molar refractivity (Wildman–Crippen MR) is 252 cm³/mol. The molecule has 0 saturated carbocycles. The fourth-order valence-electron chi connectivity index (χ4n) is 6.11. The van der Waals surface area contributed by atoms with E-state index in [0.717, 1.165) is 36.4 Å². The van der Waals surface area contributed by atoms with Crippen molar-refractivity contribution in [3.05, 3.63) is 197 Å². The van der Waals surface area contributed by atoms with E-state index in [9.17, 15) is 44.4 Å². The Labute approximate surface area is 384 Å². The van der Waals surface area contributed by atoms with E-state index in [0.29, 0.717) is 21.6 Å². The second-order valence-corrected chi connectivity index (χ2v) is 15.6. The van der Waals surface area contributed by atoms with Crippen LogP contribution < -0.4 is 26.2 Å². The van der Waals surface area contributed by atoms with Gasteiger partial charge in [-0.05, 0) is 87.6 Å². The number of thiophene rings is 1. The number of phenolic OH excluding ortho intramolecular Hbond substituents is 4. The third-order valence-corrected chi connectivity index (χ3v) is 10.5. The molecule has 8 N–H and O–H groups in total. The van der Waals surface area contributed by atoms with Crippen molar-refractivity contribution in [2.75, 3.05) is 13.6 Å². The molecule has 5 aromatic carbocycles. The number of Topliss-reactive ketones (excluding diaryl/α,β-unsaturated/α-hetero) is 2. The number of aromatic amines is 2. The smallest absolute Gasteiger partial charge is 0.325 e. The lowest BCUT2D eigenvalue weighted by molar-refractivity contribution is -0.137. The molecule has 0 saturated heterocycles. The lowest BCUT2D eigenvalue weighted by Crippen LogP contribution is -2.25. The van der Waals surface area contributed by atoms with Crippen molar-refractivity contribution < 1.29 is 49.7 Å². The van der Waals surface area contributed by atoms with E-state index in [-0.39, 0.29) is 52.5 Å². The molecule has 0 amide bonds. The van der Waals surface area contributed by atoms with E-state index < -0.39 is 28.5 Å². The van der Waals surface area contributed by atoms with E-state index >= 15 is 0 Å². The Balaban J connectivity index is 0.000000194. The zero-order valence-corrected chi connectivity index (χ0v) is 37.6. The average molecular weight is 918 g/mol. The maximum Gasteiger partial charge on any atom is 0.325 e. The van der Waals surface area contributed by atoms with E-state index in [1.165, 1.54) is 41.7 Å². The Morgan fingerprint density at radius 3 is 1.97 bits per heavy atom. The molecule has 0 aliphatic carbocycles. The Bertz CT molecular complexity index is 2780. The summed E-state index contributed by atoms with van der Waals surface area (Å²) in [6, 6.07) is 34.1. The van der Waals surface area contributed by atoms with E-state index in [4.69, 9.17) is 9.99 Å². The molecular weight excluding hydrogens is 867 g/mol. The third-order valence-electron chi connectivity index (χ3n) is 9.62. The van der Waals surface area contributed by atoms with Crippen LogP contribution in [-0.2, 0) is 6.42 Å². The van der Waals surface area contributed by atoms with E-state index in [1.807, 2.05) is 50.4 Å². The Kier molecular flexibility index (Phi) is 19.2. The first-order valence-corrected chi connectivity index (χ1v) is 21.2. The second-order valence-electron chi connectivity index (χ2n) is 14.7. The molecule has 0 radical (unpaired) electrons. The van der Waals surface area contributed by atoms with Gasteiger partial charge in [-0.2, -0.15) is 0 Å². The number of benzene rings is 5. The molecule has 0 aliphatic heterocycles. The van der Waals surface area contributed by atoms with Gasteiger partial charge in [0.2, 0.25) is 0 Å². The monoisotopic (exact) mass is 917 g/mol. The van der Waals surface area contributed by atoms with Gasteiger partial charge in [-0.1, -0.05) is 84.4 Å². The van der Waals surface area contributed by atoms with Crippen LogP contribution >= 0.6 is 11.3 Å². The van der Waals surface area contributed by atoms with E-state index in [1.54, 1.807) is 42.6 Å². The number of ether oxygens (including phenoxy) is 1. The first-order chi connectivity index (χ1) is 31.5. The second kappa shape index (κ2) is 24.9. The molecule has 0 bridgehead atoms. The summed E-state index contributed by atoms with van der Waals surface area (Å²) in [7, 11) is 1.97. The number of H-pyrrole nitrogens is 2. The molecule has 344 valence electrons. The Morgan fingerprint density at radius 2 is 1.41 bits per heavy atom. The Hall–Kier alpha value is -7.79. The number of aryl methyl sites for hydroxylation is 3. The number of phenols is 4. The first-order valence-electron chi connectivity index (χ1n) is 20.3. The summed E-state index contributed by atoms with van der Waals surface area (Å²) in [5.41, 5.74) is 3.86. The number of ketones is 3. The van der Waals surface area contributed by atoms with Gasteiger partial charge in [0.25, 0.3) is 5.56 Å². The van der Waals surface area contributed by atoms with Gasteiger partial charge < -0.3 is 40.4 Å². The number of hydrogen-bond donors (Lipinski definition) is 8. The van der Waals surface area contributed by atoms with Crippen LogP contribution in [0.5, 0.6) is 34.5 Å². The summed E-state index contributed by atoms with van der Waals surface area (Å²) in [6.45, 7) is 7.81. The molecule has 7 aromatic rings. The average Bonchev–Trinajstić information content (AvgIpc) is 3.85. The topological polar surface area (TPSA) is 249 Å². The van der Waals surface area contributed by atoms with Crippen molar-refractivity contribution in [1.82, 2.24) is 15.3 Å². The van der Waals surface area contributed by atoms with Gasteiger partial charge in [-0.3, -0.25) is 24.2 Å². The van der Waals surface area contributed by atoms with E-state index in [2.05, 4.69) is 57.4 Å². The lowest BCUT2D eigenvalue weighted by Gasteiger charge is -2.20. The molecular formula is C50H51N3O12S. The molecule has 2 aromatic heterocycles. The number of carbonyl (C=O) groups excluding carboxylic acids is 3. The molecule has 2 heterocycles. The summed E-state index contributed by atoms with van der Waals surface area (Å²) >= 11 is 1.33. The lowest BCUT2D eigenvalue weighted by atomic mass is 10.00. The van der Waals surface area contributed by atoms with Crippen molar-refractivity contribution in [2.45, 2.75) is 46.6 Å². The SMILES string of the molecule is CC(=O)c1c(O)cc(OO)cc1O.CNCCC(Oc1ccccc1C)c1ccccc1.Cc1ccc(C(=O)c2cc(C)c(O)c(O)c2)cc1.O=C(Cc1c[nH]c(=O)[nH]c1=O)c1cccs1. The highest BCUT2D eigenvalue weighted by molar-refractivity contribution is 7.12. The van der Waals surface area contributed by atoms with Crippen LogP contribution in [0.3, 0.4) is 0 Å². The fraction of sp³-hybridized carbons (Fsp3) is 0.180. The Morgan fingerprint density at radius 1 is 0.758 bits per heavy atom. The van der Waals surface area contributed by atoms with Gasteiger partial charge in [0.15, 0.2) is 34.6 Å². The minimum absolute atomic E-state index is 0.00731. The summed E-state index contributed by atoms with van der Waals surface area (Å²) < 4.78 is 6.19. The van der Waals surface area contributed by atoms with Crippen LogP contribution in [0.1, 0.15) is 83.2 Å². The van der Waals surface area contributed by atoms with Gasteiger partial charge in [-0.15, -0.1) is 11.3 Å². The highest BCUT2D eigenvalue weighted by atomic mass is 32.1. The maximum atomic E-state index is 12.2. The predicted octanol–water partition coefficient (Wildman–Crippen LogP) is 8.37. The molecule has 0 fully saturated rings. The third kappa shape index (κ3) is 14.9. The highest BCUT2D eigenvalue weighted by Crippen LogP contribution is 2.33. The molecule has 0 spiro atoms. The van der Waals surface area contributed by atoms with Crippen molar-refractivity contribution in [3.63, 3.8) is 0 Å². The number of carbonyl (C=O) groups is 3. The first kappa shape index (κ1) is 50.9. The van der Waals surface area contributed by atoms with Gasteiger partial charge in [-0.25, -0.2) is 10.1 Å². The normalized spacial score (nSPS) is 10.7. The van der Waals surface area contributed by atoms with Crippen LogP contribution in [0.4, 0.5) is 0 Å². The van der Waals surface area contributed by atoms with Crippen molar-refractivity contribution in [1.29, 1.82) is 0 Å². The maximum absolute atomic E-state index is 12.2. The molecule has 66 heavy (non-hydrogen) atoms. The molecule has 7 rings (SSSR count). The minimum atomic E-state index is -0.572. The number of nitrogens with one attached hydrogen (secondary N) is 3. The van der Waals surface area contributed by atoms with Crippen LogP contribution in [-0.4, -0.2) is 66.6 Å². The van der Waals surface area contributed by atoms with Gasteiger partial charge in [0.1, 0.15) is 28.9 Å². The van der Waals surface area contributed by atoms with Crippen LogP contribution in [0.2, 0.25) is 0 Å². The number of aromatic hydroxyl groups is 4. The van der Waals surface area contributed by atoms with Crippen molar-refractivity contribution in [3.8, 4) is 34.5 Å². The summed E-state index contributed by atoms with van der Waals surface area (Å²) in [6.07, 6.45) is 2.31. The minimum Gasteiger partial charge on any atom is -0.507 e. The molecule has 15 nitrogen and oxygen atoms in total. The van der Waals surface area contributed by atoms with Crippen LogP contribution in [0, 0.1) is 20.8 Å². The standard InChI is InChI=1S/C17H21NO.C15H14O3.C10H8N2O3S.C8H8O5/c1-14-8-6-7-11-16(14)19-17(12-13-18-2)15-9-4-3-5-10-15;1-9-3-5-11(6-4-9)15(18)12-7-10(2)14(17)13(16)8-12;13-7(8-2-1-3-16-8)4-6-5-11-10(15)12-9(6)14;1-4(9)8-6(10)2-5(13-12)3-7(8)11/h3-11,17-18H,12-13H2,1-2H3;3-8,16-17H,1-2H3;1-3,5H,4H2,(H2,11,12,14,15);2-3,10-12H,1H3. The van der Waals surface area contributed by atoms with Crippen LogP contribution in [0.15, 0.2) is 136 Å². The quantitative estimate of drug-likeness (QED) is 0.0235. The molecule has 1 unspecified atom stereocenters. The summed E-state index contributed by atoms with van der Waals surface area (Å²) in [5, 5.41) is 50.6. The molecule has 1 atom stereocenters. The van der Waals surface area contributed by atoms with Gasteiger partial charge in [0.05, 0.1) is 4.88 Å². The fourth-order valence-corrected chi connectivity index (χ4v) is 6.77. The summed E-state index contributed by atoms with van der Waals surface area (Å²) in [5.74, 6) is -1.28. The molecule has 16 heteroatoms. The van der Waals surface area contributed by atoms with Gasteiger partial charge >= 0.3 is 5.69 Å². The zero-order chi connectivity index (χ0) is 48.3. The number of rotatable bonds is 13. The molecule has 0 aliphatic rings. The van der Waals surface area contributed by atoms with Gasteiger partial charge in [0, 0.05) is 47.9 Å². The number of hydrogen-bond acceptors (Lipinski definition) is 14. The largest absolute Gasteiger partial charge is 0.507 e. The number of aromatic nitrogens is 2. The number of para-hydroxylation sites is 1. The van der Waals surface area contributed by atoms with Crippen LogP contribution in [0.25, 0.3) is 0 Å². The summed E-state index contributed by atoms with van der Waals surface area (Å²) in [4.78, 5) is 65.6. The zero-order valence-electron chi connectivity index (χ0n) is 36.8. The van der Waals surface area contributed by atoms with Crippen molar-refractivity contribution >= 4 is 28.7 Å². The highest BCUT2D eigenvalue weighted by Gasteiger charge is 2.16.